The van der Waals surface area contributed by atoms with Gasteiger partial charge in [0.1, 0.15) is 5.69 Å². The molecule has 0 spiro atoms. The predicted molar refractivity (Wildman–Crippen MR) is 128 cm³/mol. The van der Waals surface area contributed by atoms with Gasteiger partial charge >= 0.3 is 0 Å². The second-order valence-electron chi connectivity index (χ2n) is 7.59. The average Bonchev–Trinajstić information content (AvgIpc) is 3.42. The van der Waals surface area contributed by atoms with E-state index in [0.29, 0.717) is 40.6 Å². The van der Waals surface area contributed by atoms with Crippen molar-refractivity contribution in [3.8, 4) is 28.4 Å². The molecule has 0 radical (unpaired) electrons. The first kappa shape index (κ1) is 22.2. The maximum atomic E-state index is 14.5. The summed E-state index contributed by atoms with van der Waals surface area (Å²) in [6, 6.07) is 16.0. The summed E-state index contributed by atoms with van der Waals surface area (Å²) in [7, 11) is -3.60. The van der Waals surface area contributed by atoms with Gasteiger partial charge in [-0.1, -0.05) is 30.3 Å². The highest BCUT2D eigenvalue weighted by Gasteiger charge is 2.21. The van der Waals surface area contributed by atoms with Crippen molar-refractivity contribution in [1.29, 1.82) is 0 Å². The Bertz CT molecular complexity index is 1580. The molecule has 0 amide bonds. The zero-order valence-corrected chi connectivity index (χ0v) is 19.7. The topological polar surface area (TPSA) is 86.5 Å². The maximum Gasteiger partial charge on any atom is 0.247 e. The molecule has 0 atom stereocenters. The smallest absolute Gasteiger partial charge is 0.247 e. The second kappa shape index (κ2) is 8.96. The van der Waals surface area contributed by atoms with Gasteiger partial charge < -0.3 is 4.74 Å². The normalized spacial score (nSPS) is 11.7. The van der Waals surface area contributed by atoms with Gasteiger partial charge in [-0.2, -0.15) is 0 Å². The Balaban J connectivity index is 1.53. The monoisotopic (exact) mass is 494 g/mol. The van der Waals surface area contributed by atoms with Crippen molar-refractivity contribution in [3.63, 3.8) is 0 Å². The molecule has 0 N–H and O–H groups in total. The number of ether oxygens (including phenoxy) is 1. The second-order valence-corrected chi connectivity index (χ2v) is 10.4. The van der Waals surface area contributed by atoms with E-state index < -0.39 is 15.7 Å². The number of aromatic nitrogens is 4. The van der Waals surface area contributed by atoms with Crippen molar-refractivity contribution in [2.24, 2.45) is 0 Å². The third-order valence-corrected chi connectivity index (χ3v) is 6.78. The van der Waals surface area contributed by atoms with Crippen molar-refractivity contribution < 1.29 is 17.5 Å². The van der Waals surface area contributed by atoms with Crippen LogP contribution in [0.3, 0.4) is 0 Å². The van der Waals surface area contributed by atoms with Crippen LogP contribution in [-0.2, 0) is 16.3 Å². The number of thiazole rings is 1. The average molecular weight is 495 g/mol. The number of sulfone groups is 1. The number of fused-ring (bicyclic) bond motifs is 1. The molecule has 0 aliphatic carbocycles. The largest absolute Gasteiger partial charge is 0.490 e. The zero-order chi connectivity index (χ0) is 23.7. The minimum absolute atomic E-state index is 0.121. The molecule has 0 aliphatic rings. The first-order valence-electron chi connectivity index (χ1n) is 10.4. The standard InChI is InChI=1S/C24H19FN4O3S2/c1-34(30,31)23-26-11-9-19(27-23)22-21(28-24-29(22)12-14-33-24)17-7-8-18(25)20(15-17)32-13-10-16-5-3-2-4-6-16/h2-9,11-12,14-15H,10,13H2,1H3. The van der Waals surface area contributed by atoms with Crippen LogP contribution in [0.25, 0.3) is 27.6 Å². The van der Waals surface area contributed by atoms with E-state index in [1.807, 2.05) is 46.3 Å². The summed E-state index contributed by atoms with van der Waals surface area (Å²) >= 11 is 1.43. The maximum absolute atomic E-state index is 14.5. The van der Waals surface area contributed by atoms with Gasteiger partial charge in [-0.3, -0.25) is 4.40 Å². The number of nitrogens with zero attached hydrogens (tertiary/aromatic N) is 4. The summed E-state index contributed by atoms with van der Waals surface area (Å²) in [5.74, 6) is -0.351. The van der Waals surface area contributed by atoms with Crippen LogP contribution in [0, 0.1) is 5.82 Å². The van der Waals surface area contributed by atoms with Crippen LogP contribution >= 0.6 is 11.3 Å². The number of hydrogen-bond donors (Lipinski definition) is 0. The minimum Gasteiger partial charge on any atom is -0.490 e. The Morgan fingerprint density at radius 1 is 1.09 bits per heavy atom. The number of hydrogen-bond acceptors (Lipinski definition) is 7. The molecule has 2 aromatic carbocycles. The molecule has 34 heavy (non-hydrogen) atoms. The fourth-order valence-corrected chi connectivity index (χ4v) is 4.80. The first-order valence-corrected chi connectivity index (χ1v) is 13.1. The molecular weight excluding hydrogens is 475 g/mol. The number of benzene rings is 2. The molecule has 3 aromatic heterocycles. The molecule has 0 saturated carbocycles. The van der Waals surface area contributed by atoms with E-state index in [9.17, 15) is 12.8 Å². The number of halogens is 1. The van der Waals surface area contributed by atoms with Gasteiger partial charge in [-0.25, -0.2) is 27.8 Å². The quantitative estimate of drug-likeness (QED) is 0.305. The van der Waals surface area contributed by atoms with Crippen molar-refractivity contribution >= 4 is 26.1 Å². The highest BCUT2D eigenvalue weighted by molar-refractivity contribution is 7.90. The molecule has 0 aliphatic heterocycles. The van der Waals surface area contributed by atoms with Crippen LogP contribution in [-0.4, -0.2) is 40.6 Å². The Kier molecular flexibility index (Phi) is 5.84. The number of imidazole rings is 1. The van der Waals surface area contributed by atoms with Gasteiger partial charge in [-0.05, 0) is 29.8 Å². The van der Waals surface area contributed by atoms with E-state index in [2.05, 4.69) is 9.97 Å². The van der Waals surface area contributed by atoms with Crippen molar-refractivity contribution in [3.05, 3.63) is 83.8 Å². The molecule has 5 aromatic rings. The predicted octanol–water partition coefficient (Wildman–Crippen LogP) is 4.68. The van der Waals surface area contributed by atoms with Crippen LogP contribution < -0.4 is 4.74 Å². The lowest BCUT2D eigenvalue weighted by Gasteiger charge is -2.10. The van der Waals surface area contributed by atoms with Gasteiger partial charge in [0, 0.05) is 36.0 Å². The van der Waals surface area contributed by atoms with E-state index in [0.717, 1.165) is 11.8 Å². The van der Waals surface area contributed by atoms with E-state index in [4.69, 9.17) is 9.72 Å². The van der Waals surface area contributed by atoms with Crippen molar-refractivity contribution in [2.45, 2.75) is 11.6 Å². The molecule has 172 valence electrons. The zero-order valence-electron chi connectivity index (χ0n) is 18.1. The summed E-state index contributed by atoms with van der Waals surface area (Å²) in [6.07, 6.45) is 4.93. The summed E-state index contributed by atoms with van der Waals surface area (Å²) in [4.78, 5) is 13.5. The van der Waals surface area contributed by atoms with E-state index in [-0.39, 0.29) is 10.9 Å². The Morgan fingerprint density at radius 3 is 2.71 bits per heavy atom. The molecule has 0 saturated heterocycles. The molecule has 5 rings (SSSR count). The molecule has 3 heterocycles. The summed E-state index contributed by atoms with van der Waals surface area (Å²) in [6.45, 7) is 0.319. The highest BCUT2D eigenvalue weighted by atomic mass is 32.2. The van der Waals surface area contributed by atoms with Crippen LogP contribution in [0.1, 0.15) is 5.56 Å². The third kappa shape index (κ3) is 4.42. The molecule has 10 heteroatoms. The highest BCUT2D eigenvalue weighted by Crippen LogP contribution is 2.35. The van der Waals surface area contributed by atoms with Crippen molar-refractivity contribution in [1.82, 2.24) is 19.4 Å². The molecule has 0 bridgehead atoms. The molecular formula is C24H19FN4O3S2. The fraction of sp³-hybridized carbons (Fsp3) is 0.125. The Labute approximate surface area is 199 Å². The van der Waals surface area contributed by atoms with Gasteiger partial charge in [0.05, 0.1) is 18.0 Å². The van der Waals surface area contributed by atoms with E-state index in [1.54, 1.807) is 18.2 Å². The minimum atomic E-state index is -3.60. The van der Waals surface area contributed by atoms with Gasteiger partial charge in [-0.15, -0.1) is 11.3 Å². The van der Waals surface area contributed by atoms with Crippen LogP contribution in [0.4, 0.5) is 4.39 Å². The summed E-state index contributed by atoms with van der Waals surface area (Å²) in [5.41, 5.74) is 3.25. The lowest BCUT2D eigenvalue weighted by atomic mass is 10.1. The third-order valence-electron chi connectivity index (χ3n) is 5.17. The van der Waals surface area contributed by atoms with E-state index in [1.165, 1.54) is 23.6 Å². The van der Waals surface area contributed by atoms with E-state index >= 15 is 0 Å². The van der Waals surface area contributed by atoms with Crippen LogP contribution in [0.5, 0.6) is 5.75 Å². The van der Waals surface area contributed by atoms with Gasteiger partial charge in [0.25, 0.3) is 0 Å². The van der Waals surface area contributed by atoms with Gasteiger partial charge in [0.15, 0.2) is 16.5 Å². The summed E-state index contributed by atoms with van der Waals surface area (Å²) in [5, 5.41) is 1.60. The Morgan fingerprint density at radius 2 is 1.91 bits per heavy atom. The molecule has 0 unspecified atom stereocenters. The Hall–Kier alpha value is -3.63. The van der Waals surface area contributed by atoms with Crippen molar-refractivity contribution in [2.75, 3.05) is 12.9 Å². The summed E-state index contributed by atoms with van der Waals surface area (Å²) < 4.78 is 46.1. The molecule has 0 fully saturated rings. The SMILES string of the molecule is CS(=O)(=O)c1nccc(-c2c(-c3ccc(F)c(OCCc4ccccc4)c3)nc3sccn23)n1. The molecule has 7 nitrogen and oxygen atoms in total. The van der Waals surface area contributed by atoms with Gasteiger partial charge in [0.2, 0.25) is 15.0 Å². The lowest BCUT2D eigenvalue weighted by Crippen LogP contribution is -2.05. The van der Waals surface area contributed by atoms with Crippen LogP contribution in [0.15, 0.2) is 77.5 Å². The van der Waals surface area contributed by atoms with Crippen LogP contribution in [0.2, 0.25) is 0 Å². The number of rotatable bonds is 7. The first-order chi connectivity index (χ1) is 16.4. The fourth-order valence-electron chi connectivity index (χ4n) is 3.57. The lowest BCUT2D eigenvalue weighted by molar-refractivity contribution is 0.305.